The third-order valence-corrected chi connectivity index (χ3v) is 13.8. The van der Waals surface area contributed by atoms with Crippen LogP contribution in [0.3, 0.4) is 0 Å². The standard InChI is InChI=1S/C46H59N11O4/c1-48-44(61)17-15-36(28-58)54(3)39-16-10-32(24-40(39)53(2)29-59)30-8-11-33(12-9-30)55-22-19-31(20-23-55)46-49-21-18-43(50-46)57-34-13-14-35(57)27-56(26-34)41-25-38(51-52-45(41)47)37-6-4-5-7-42(37)60/h4-7,10,16,18,21,24-25,28-31,33-36,60H,8-9,11-15,17,19-20,22-23,26-27H2,1-3H3,(H2,47,52)(H,48,61). The van der Waals surface area contributed by atoms with E-state index < -0.39 is 6.04 Å². The summed E-state index contributed by atoms with van der Waals surface area (Å²) >= 11 is 0. The summed E-state index contributed by atoms with van der Waals surface area (Å²) in [4.78, 5) is 56.9. The van der Waals surface area contributed by atoms with Gasteiger partial charge in [0.25, 0.3) is 0 Å². The van der Waals surface area contributed by atoms with E-state index >= 15 is 0 Å². The highest BCUT2D eigenvalue weighted by Gasteiger charge is 2.42. The first-order chi connectivity index (χ1) is 29.6. The maximum Gasteiger partial charge on any atom is 0.219 e. The van der Waals surface area contributed by atoms with Crippen molar-refractivity contribution in [3.05, 3.63) is 72.2 Å². The van der Waals surface area contributed by atoms with Gasteiger partial charge in [0.05, 0.1) is 28.8 Å². The van der Waals surface area contributed by atoms with Crippen LogP contribution in [0, 0.1) is 0 Å². The number of carbonyl (C=O) groups is 3. The van der Waals surface area contributed by atoms with E-state index in [1.165, 1.54) is 5.56 Å². The van der Waals surface area contributed by atoms with Gasteiger partial charge >= 0.3 is 0 Å². The molecule has 1 aliphatic carbocycles. The van der Waals surface area contributed by atoms with Gasteiger partial charge < -0.3 is 45.5 Å². The van der Waals surface area contributed by atoms with Crippen molar-refractivity contribution in [1.82, 2.24) is 30.4 Å². The molecule has 15 heteroatoms. The number of rotatable bonds is 14. The van der Waals surface area contributed by atoms with Gasteiger partial charge in [-0.3, -0.25) is 9.59 Å². The van der Waals surface area contributed by atoms with Crippen molar-refractivity contribution in [3.63, 3.8) is 0 Å². The summed E-state index contributed by atoms with van der Waals surface area (Å²) in [5, 5.41) is 21.6. The van der Waals surface area contributed by atoms with E-state index in [9.17, 15) is 19.5 Å². The van der Waals surface area contributed by atoms with Gasteiger partial charge in [-0.15, -0.1) is 10.2 Å². The lowest BCUT2D eigenvalue weighted by atomic mass is 9.80. The van der Waals surface area contributed by atoms with Gasteiger partial charge in [-0.2, -0.15) is 0 Å². The van der Waals surface area contributed by atoms with E-state index in [0.29, 0.717) is 41.4 Å². The van der Waals surface area contributed by atoms with Gasteiger partial charge in [0.2, 0.25) is 12.3 Å². The molecule has 3 unspecified atom stereocenters. The number of benzene rings is 2. The number of para-hydroxylation sites is 1. The molecule has 2 amide bonds. The number of anilines is 5. The highest BCUT2D eigenvalue weighted by atomic mass is 16.3. The highest BCUT2D eigenvalue weighted by Crippen LogP contribution is 2.42. The Morgan fingerprint density at radius 3 is 2.31 bits per heavy atom. The molecule has 4 N–H and O–H groups in total. The van der Waals surface area contributed by atoms with Crippen molar-refractivity contribution >= 4 is 47.3 Å². The van der Waals surface area contributed by atoms with Gasteiger partial charge in [-0.05, 0) is 119 Å². The van der Waals surface area contributed by atoms with E-state index in [-0.39, 0.29) is 30.2 Å². The SMILES string of the molecule is CNC(=O)CCC(C=O)N(C)c1ccc(C2CCC(N3CCC(c4nccc(N5C6CCC5CN(c5cc(-c7ccccc7O)nnc5N)C6)n4)CC3)CC2)cc1N(C)C=O. The number of nitrogens with zero attached hydrogens (tertiary/aromatic N) is 9. The fourth-order valence-corrected chi connectivity index (χ4v) is 10.3. The molecule has 2 bridgehead atoms. The number of hydrogen-bond acceptors (Lipinski definition) is 13. The normalized spacial score (nSPS) is 22.4. The average Bonchev–Trinajstić information content (AvgIpc) is 3.57. The van der Waals surface area contributed by atoms with E-state index in [1.807, 2.05) is 42.4 Å². The Hall–Kier alpha value is -5.83. The number of likely N-dealkylation sites (tertiary alicyclic amines) is 1. The van der Waals surface area contributed by atoms with Crippen LogP contribution >= 0.6 is 0 Å². The van der Waals surface area contributed by atoms with Crippen LogP contribution in [-0.4, -0.2) is 120 Å². The van der Waals surface area contributed by atoms with Gasteiger partial charge in [-0.1, -0.05) is 18.2 Å². The zero-order chi connectivity index (χ0) is 42.6. The lowest BCUT2D eigenvalue weighted by Gasteiger charge is -2.43. The number of aromatic hydroxyl groups is 1. The number of aromatic nitrogens is 4. The monoisotopic (exact) mass is 829 g/mol. The Bertz CT molecular complexity index is 2180. The maximum atomic E-state index is 12.1. The summed E-state index contributed by atoms with van der Waals surface area (Å²) < 4.78 is 0. The average molecular weight is 830 g/mol. The van der Waals surface area contributed by atoms with Crippen LogP contribution in [-0.2, 0) is 14.4 Å². The smallest absolute Gasteiger partial charge is 0.219 e. The summed E-state index contributed by atoms with van der Waals surface area (Å²) in [6.07, 6.45) is 12.9. The second-order valence-corrected chi connectivity index (χ2v) is 17.3. The quantitative estimate of drug-likeness (QED) is 0.143. The first kappa shape index (κ1) is 41.9. The van der Waals surface area contributed by atoms with Crippen molar-refractivity contribution in [3.8, 4) is 17.0 Å². The number of piperidine rings is 1. The molecule has 322 valence electrons. The number of carbonyl (C=O) groups excluding carboxylic acids is 3. The Labute approximate surface area is 358 Å². The molecule has 1 saturated carbocycles. The molecule has 61 heavy (non-hydrogen) atoms. The molecule has 8 rings (SSSR count). The number of hydrogen-bond donors (Lipinski definition) is 3. The predicted molar refractivity (Wildman–Crippen MR) is 238 cm³/mol. The zero-order valence-corrected chi connectivity index (χ0v) is 35.6. The molecular formula is C46H59N11O4. The number of nitrogens with one attached hydrogen (secondary N) is 1. The van der Waals surface area contributed by atoms with Crippen LogP contribution in [0.2, 0.25) is 0 Å². The summed E-state index contributed by atoms with van der Waals surface area (Å²) in [6.45, 7) is 3.68. The number of aldehydes is 1. The molecule has 3 atom stereocenters. The summed E-state index contributed by atoms with van der Waals surface area (Å²) in [6, 6.07) is 18.1. The second-order valence-electron chi connectivity index (χ2n) is 17.3. The Balaban J connectivity index is 0.860. The van der Waals surface area contributed by atoms with Gasteiger partial charge in [0, 0.05) is 76.5 Å². The summed E-state index contributed by atoms with van der Waals surface area (Å²) in [5.74, 6) is 3.15. The molecule has 0 radical (unpaired) electrons. The minimum absolute atomic E-state index is 0.108. The fraction of sp³-hybridized carbons (Fsp3) is 0.500. The van der Waals surface area contributed by atoms with Crippen molar-refractivity contribution < 1.29 is 19.5 Å². The van der Waals surface area contributed by atoms with Crippen LogP contribution in [0.15, 0.2) is 60.8 Å². The maximum absolute atomic E-state index is 12.1. The number of nitrogen functional groups attached to an aromatic ring is 1. The second kappa shape index (κ2) is 18.4. The first-order valence-corrected chi connectivity index (χ1v) is 21.9. The largest absolute Gasteiger partial charge is 0.507 e. The van der Waals surface area contributed by atoms with E-state index in [0.717, 1.165) is 119 Å². The van der Waals surface area contributed by atoms with Crippen molar-refractivity contribution in [1.29, 1.82) is 0 Å². The molecular weight excluding hydrogens is 771 g/mol. The molecule has 4 fully saturated rings. The zero-order valence-electron chi connectivity index (χ0n) is 35.6. The number of nitrogens with two attached hydrogens (primary N) is 1. The summed E-state index contributed by atoms with van der Waals surface area (Å²) in [5.41, 5.74) is 11.3. The van der Waals surface area contributed by atoms with Crippen LogP contribution < -0.4 is 30.7 Å². The minimum Gasteiger partial charge on any atom is -0.507 e. The Morgan fingerprint density at radius 2 is 1.62 bits per heavy atom. The molecule has 5 heterocycles. The molecule has 2 aromatic carbocycles. The van der Waals surface area contributed by atoms with Gasteiger partial charge in [0.1, 0.15) is 23.7 Å². The van der Waals surface area contributed by atoms with E-state index in [2.05, 4.69) is 48.4 Å². The third kappa shape index (κ3) is 8.84. The lowest BCUT2D eigenvalue weighted by molar-refractivity contribution is -0.120. The lowest BCUT2D eigenvalue weighted by Crippen LogP contribution is -2.54. The topological polar surface area (TPSA) is 177 Å². The predicted octanol–water partition coefficient (Wildman–Crippen LogP) is 5.11. The Morgan fingerprint density at radius 1 is 0.902 bits per heavy atom. The number of fused-ring (bicyclic) bond motifs is 2. The van der Waals surface area contributed by atoms with E-state index in [4.69, 9.17) is 15.7 Å². The minimum atomic E-state index is -0.487. The summed E-state index contributed by atoms with van der Waals surface area (Å²) in [7, 11) is 5.18. The Kier molecular flexibility index (Phi) is 12.7. The molecule has 15 nitrogen and oxygen atoms in total. The molecule has 3 saturated heterocycles. The van der Waals surface area contributed by atoms with Crippen molar-refractivity contribution in [2.45, 2.75) is 100 Å². The van der Waals surface area contributed by atoms with Crippen LogP contribution in [0.25, 0.3) is 11.3 Å². The highest BCUT2D eigenvalue weighted by molar-refractivity contribution is 5.85. The number of amides is 2. The van der Waals surface area contributed by atoms with Crippen LogP contribution in [0.1, 0.15) is 87.4 Å². The fourth-order valence-electron chi connectivity index (χ4n) is 10.3. The number of piperazine rings is 1. The van der Waals surface area contributed by atoms with E-state index in [1.54, 1.807) is 31.1 Å². The first-order valence-electron chi connectivity index (χ1n) is 21.9. The molecule has 2 aromatic heterocycles. The molecule has 4 aromatic rings. The van der Waals surface area contributed by atoms with Crippen molar-refractivity contribution in [2.24, 2.45) is 0 Å². The molecule has 4 aliphatic rings. The molecule has 3 aliphatic heterocycles. The third-order valence-electron chi connectivity index (χ3n) is 13.8. The van der Waals surface area contributed by atoms with Crippen LogP contribution in [0.5, 0.6) is 5.75 Å². The van der Waals surface area contributed by atoms with Gasteiger partial charge in [-0.25, -0.2) is 9.97 Å². The van der Waals surface area contributed by atoms with Gasteiger partial charge in [0.15, 0.2) is 5.82 Å². The molecule has 0 spiro atoms. The van der Waals surface area contributed by atoms with Crippen molar-refractivity contribution in [2.75, 3.05) is 72.7 Å². The number of phenols is 1. The van der Waals surface area contributed by atoms with Crippen LogP contribution in [0.4, 0.5) is 28.7 Å². The number of likely N-dealkylation sites (N-methyl/N-ethyl adjacent to an activating group) is 1. The number of phenolic OH excluding ortho intramolecular Hbond substituents is 1.